The molecule has 2 fully saturated rings. The van der Waals surface area contributed by atoms with Gasteiger partial charge in [-0.05, 0) is 31.0 Å². The number of rotatable bonds is 3. The van der Waals surface area contributed by atoms with E-state index >= 15 is 0 Å². The highest BCUT2D eigenvalue weighted by molar-refractivity contribution is 5.76. The first-order valence-corrected chi connectivity index (χ1v) is 8.04. The third-order valence-corrected chi connectivity index (χ3v) is 4.09. The smallest absolute Gasteiger partial charge is 0.227 e. The van der Waals surface area contributed by atoms with Gasteiger partial charge in [-0.25, -0.2) is 4.39 Å². The van der Waals surface area contributed by atoms with Crippen molar-refractivity contribution in [3.63, 3.8) is 0 Å². The Labute approximate surface area is 135 Å². The van der Waals surface area contributed by atoms with E-state index < -0.39 is 6.29 Å². The lowest BCUT2D eigenvalue weighted by molar-refractivity contribution is -0.190. The van der Waals surface area contributed by atoms with Crippen LogP contribution in [0.5, 0.6) is 0 Å². The molecule has 2 atom stereocenters. The van der Waals surface area contributed by atoms with Crippen LogP contribution in [0.2, 0.25) is 0 Å². The number of amides is 1. The summed E-state index contributed by atoms with van der Waals surface area (Å²) >= 11 is 0. The summed E-state index contributed by atoms with van der Waals surface area (Å²) in [6.07, 6.45) is 0.334. The van der Waals surface area contributed by atoms with Crippen molar-refractivity contribution in [3.8, 4) is 0 Å². The average molecular weight is 323 g/mol. The summed E-state index contributed by atoms with van der Waals surface area (Å²) in [6, 6.07) is 6.23. The lowest BCUT2D eigenvalue weighted by Crippen LogP contribution is -2.47. The SMILES string of the molecule is CC1CN(C(=O)CC2OCCCO2)CC(c2ccc(F)cc2)O1. The Hall–Kier alpha value is -1.50. The number of ether oxygens (including phenoxy) is 3. The maximum Gasteiger partial charge on any atom is 0.227 e. The fourth-order valence-corrected chi connectivity index (χ4v) is 2.94. The molecule has 23 heavy (non-hydrogen) atoms. The second-order valence-electron chi connectivity index (χ2n) is 6.01. The fourth-order valence-electron chi connectivity index (χ4n) is 2.94. The van der Waals surface area contributed by atoms with Crippen molar-refractivity contribution < 1.29 is 23.4 Å². The number of morpholine rings is 1. The second kappa shape index (κ2) is 7.38. The summed E-state index contributed by atoms with van der Waals surface area (Å²) in [5.74, 6) is -0.281. The first kappa shape index (κ1) is 16.4. The Morgan fingerprint density at radius 3 is 2.61 bits per heavy atom. The molecule has 2 saturated heterocycles. The van der Waals surface area contributed by atoms with Crippen LogP contribution < -0.4 is 0 Å². The Morgan fingerprint density at radius 2 is 1.91 bits per heavy atom. The summed E-state index contributed by atoms with van der Waals surface area (Å²) in [6.45, 7) is 4.21. The van der Waals surface area contributed by atoms with Gasteiger partial charge >= 0.3 is 0 Å². The molecule has 1 aromatic rings. The van der Waals surface area contributed by atoms with Crippen LogP contribution >= 0.6 is 0 Å². The molecule has 0 radical (unpaired) electrons. The maximum absolute atomic E-state index is 13.1. The van der Waals surface area contributed by atoms with Crippen molar-refractivity contribution in [2.75, 3.05) is 26.3 Å². The maximum atomic E-state index is 13.1. The van der Waals surface area contributed by atoms with E-state index in [4.69, 9.17) is 14.2 Å². The number of benzene rings is 1. The third kappa shape index (κ3) is 4.28. The molecular weight excluding hydrogens is 301 g/mol. The summed E-state index contributed by atoms with van der Waals surface area (Å²) < 4.78 is 29.9. The van der Waals surface area contributed by atoms with E-state index in [9.17, 15) is 9.18 Å². The van der Waals surface area contributed by atoms with Crippen molar-refractivity contribution in [1.29, 1.82) is 0 Å². The molecular formula is C17H22FNO4. The number of carbonyl (C=O) groups is 1. The van der Waals surface area contributed by atoms with Crippen molar-refractivity contribution in [1.82, 2.24) is 4.90 Å². The van der Waals surface area contributed by atoms with Crippen molar-refractivity contribution >= 4 is 5.91 Å². The van der Waals surface area contributed by atoms with Gasteiger partial charge in [0.05, 0.1) is 32.3 Å². The van der Waals surface area contributed by atoms with E-state index in [1.54, 1.807) is 17.0 Å². The van der Waals surface area contributed by atoms with Crippen molar-refractivity contribution in [2.24, 2.45) is 0 Å². The van der Waals surface area contributed by atoms with Gasteiger partial charge in [-0.15, -0.1) is 0 Å². The first-order valence-electron chi connectivity index (χ1n) is 8.04. The zero-order chi connectivity index (χ0) is 16.2. The van der Waals surface area contributed by atoms with Gasteiger partial charge in [0.25, 0.3) is 0 Å². The van der Waals surface area contributed by atoms with Gasteiger partial charge in [0.1, 0.15) is 11.9 Å². The lowest BCUT2D eigenvalue weighted by Gasteiger charge is -2.37. The largest absolute Gasteiger partial charge is 0.367 e. The molecule has 0 aliphatic carbocycles. The minimum Gasteiger partial charge on any atom is -0.367 e. The monoisotopic (exact) mass is 323 g/mol. The minimum atomic E-state index is -0.446. The van der Waals surface area contributed by atoms with Crippen LogP contribution in [-0.4, -0.2) is 49.5 Å². The second-order valence-corrected chi connectivity index (χ2v) is 6.01. The first-order chi connectivity index (χ1) is 11.1. The van der Waals surface area contributed by atoms with Crippen LogP contribution in [-0.2, 0) is 19.0 Å². The molecule has 5 nitrogen and oxygen atoms in total. The van der Waals surface area contributed by atoms with Gasteiger partial charge in [0.15, 0.2) is 6.29 Å². The van der Waals surface area contributed by atoms with Crippen LogP contribution in [0.3, 0.4) is 0 Å². The van der Waals surface area contributed by atoms with Crippen LogP contribution in [0.1, 0.15) is 31.4 Å². The van der Waals surface area contributed by atoms with E-state index in [0.717, 1.165) is 12.0 Å². The number of hydrogen-bond donors (Lipinski definition) is 0. The predicted molar refractivity (Wildman–Crippen MR) is 81.2 cm³/mol. The molecule has 3 rings (SSSR count). The molecule has 1 aromatic carbocycles. The fraction of sp³-hybridized carbons (Fsp3) is 0.588. The summed E-state index contributed by atoms with van der Waals surface area (Å²) in [5, 5.41) is 0. The van der Waals surface area contributed by atoms with Gasteiger partial charge in [-0.2, -0.15) is 0 Å². The molecule has 2 aliphatic rings. The number of hydrogen-bond acceptors (Lipinski definition) is 4. The van der Waals surface area contributed by atoms with Crippen molar-refractivity contribution in [2.45, 2.75) is 38.3 Å². The number of nitrogens with zero attached hydrogens (tertiary/aromatic N) is 1. The lowest BCUT2D eigenvalue weighted by atomic mass is 10.1. The molecule has 0 saturated carbocycles. The normalized spacial score (nSPS) is 26.3. The van der Waals surface area contributed by atoms with Gasteiger partial charge in [-0.1, -0.05) is 12.1 Å². The minimum absolute atomic E-state index is 0.000776. The molecule has 2 unspecified atom stereocenters. The zero-order valence-corrected chi connectivity index (χ0v) is 13.2. The Morgan fingerprint density at radius 1 is 1.22 bits per heavy atom. The zero-order valence-electron chi connectivity index (χ0n) is 13.2. The number of carbonyl (C=O) groups excluding carboxylic acids is 1. The summed E-state index contributed by atoms with van der Waals surface area (Å²) in [4.78, 5) is 14.3. The van der Waals surface area contributed by atoms with E-state index in [1.807, 2.05) is 6.92 Å². The summed E-state index contributed by atoms with van der Waals surface area (Å²) in [7, 11) is 0. The van der Waals surface area contributed by atoms with Crippen LogP contribution in [0.15, 0.2) is 24.3 Å². The van der Waals surface area contributed by atoms with E-state index in [2.05, 4.69) is 0 Å². The standard InChI is InChI=1S/C17H22FNO4/c1-12-10-19(16(20)9-17-21-7-2-8-22-17)11-15(23-12)13-3-5-14(18)6-4-13/h3-6,12,15,17H,2,7-11H2,1H3. The molecule has 1 amide bonds. The highest BCUT2D eigenvalue weighted by Gasteiger charge is 2.31. The van der Waals surface area contributed by atoms with Crippen molar-refractivity contribution in [3.05, 3.63) is 35.6 Å². The topological polar surface area (TPSA) is 48.0 Å². The molecule has 2 aliphatic heterocycles. The Bertz CT molecular complexity index is 530. The predicted octanol–water partition coefficient (Wildman–Crippen LogP) is 2.27. The summed E-state index contributed by atoms with van der Waals surface area (Å²) in [5.41, 5.74) is 0.876. The van der Waals surface area contributed by atoms with E-state index in [1.165, 1.54) is 12.1 Å². The Kier molecular flexibility index (Phi) is 5.25. The molecule has 0 spiro atoms. The van der Waals surface area contributed by atoms with Gasteiger partial charge in [-0.3, -0.25) is 4.79 Å². The van der Waals surface area contributed by atoms with E-state index in [-0.39, 0.29) is 30.4 Å². The molecule has 126 valence electrons. The van der Waals surface area contributed by atoms with Gasteiger partial charge < -0.3 is 19.1 Å². The molecule has 2 heterocycles. The van der Waals surface area contributed by atoms with Crippen LogP contribution in [0, 0.1) is 5.82 Å². The Balaban J connectivity index is 1.62. The average Bonchev–Trinajstić information content (AvgIpc) is 2.56. The highest BCUT2D eigenvalue weighted by Crippen LogP contribution is 2.26. The van der Waals surface area contributed by atoms with Crippen LogP contribution in [0.25, 0.3) is 0 Å². The molecule has 0 bridgehead atoms. The molecule has 0 N–H and O–H groups in total. The molecule has 0 aromatic heterocycles. The molecule has 6 heteroatoms. The van der Waals surface area contributed by atoms with Gasteiger partial charge in [0, 0.05) is 6.54 Å². The van der Waals surface area contributed by atoms with Crippen LogP contribution in [0.4, 0.5) is 4.39 Å². The highest BCUT2D eigenvalue weighted by atomic mass is 19.1. The van der Waals surface area contributed by atoms with Gasteiger partial charge in [0.2, 0.25) is 5.91 Å². The quantitative estimate of drug-likeness (QED) is 0.856. The number of halogens is 1. The van der Waals surface area contributed by atoms with E-state index in [0.29, 0.717) is 26.3 Å². The third-order valence-electron chi connectivity index (χ3n) is 4.09.